The molecule has 3 N–H and O–H groups in total. The summed E-state index contributed by atoms with van der Waals surface area (Å²) >= 11 is 0. The standard InChI is InChI=1S/C9H9N5O3/c10-6-1-7(3-8(2-6)14(15)16)11-4-9-12-5-17-13-9/h1-3,5,11H,4,10H2. The Morgan fingerprint density at radius 3 is 2.94 bits per heavy atom. The molecule has 0 aliphatic heterocycles. The van der Waals surface area contributed by atoms with Gasteiger partial charge in [-0.3, -0.25) is 10.1 Å². The van der Waals surface area contributed by atoms with Gasteiger partial charge < -0.3 is 15.6 Å². The van der Waals surface area contributed by atoms with Gasteiger partial charge >= 0.3 is 0 Å². The van der Waals surface area contributed by atoms with Crippen molar-refractivity contribution in [3.05, 3.63) is 40.5 Å². The van der Waals surface area contributed by atoms with Crippen molar-refractivity contribution in [1.29, 1.82) is 0 Å². The Bertz CT molecular complexity index is 525. The number of nitro benzene ring substituents is 1. The number of aromatic nitrogens is 2. The highest BCUT2D eigenvalue weighted by atomic mass is 16.6. The van der Waals surface area contributed by atoms with Gasteiger partial charge in [0.05, 0.1) is 11.5 Å². The number of benzene rings is 1. The summed E-state index contributed by atoms with van der Waals surface area (Å²) in [7, 11) is 0. The van der Waals surface area contributed by atoms with Crippen molar-refractivity contribution < 1.29 is 9.45 Å². The maximum Gasteiger partial charge on any atom is 0.273 e. The molecule has 0 atom stereocenters. The first-order valence-electron chi connectivity index (χ1n) is 4.69. The zero-order valence-electron chi connectivity index (χ0n) is 8.66. The molecule has 0 fully saturated rings. The van der Waals surface area contributed by atoms with E-state index in [0.29, 0.717) is 23.7 Å². The lowest BCUT2D eigenvalue weighted by Crippen LogP contribution is -2.02. The molecule has 1 heterocycles. The Labute approximate surface area is 95.6 Å². The molecule has 2 aromatic rings. The Kier molecular flexibility index (Phi) is 2.86. The minimum absolute atomic E-state index is 0.0689. The monoisotopic (exact) mass is 235 g/mol. The van der Waals surface area contributed by atoms with E-state index >= 15 is 0 Å². The molecule has 0 radical (unpaired) electrons. The van der Waals surface area contributed by atoms with Crippen LogP contribution in [0.25, 0.3) is 0 Å². The molecule has 88 valence electrons. The molecule has 0 unspecified atom stereocenters. The fraction of sp³-hybridized carbons (Fsp3) is 0.111. The van der Waals surface area contributed by atoms with E-state index in [1.54, 1.807) is 6.07 Å². The number of anilines is 2. The van der Waals surface area contributed by atoms with E-state index in [0.717, 1.165) is 0 Å². The van der Waals surface area contributed by atoms with Crippen LogP contribution in [0.3, 0.4) is 0 Å². The minimum atomic E-state index is -0.504. The van der Waals surface area contributed by atoms with Gasteiger partial charge in [-0.05, 0) is 6.07 Å². The zero-order chi connectivity index (χ0) is 12.3. The maximum absolute atomic E-state index is 10.6. The molecule has 0 aliphatic carbocycles. The summed E-state index contributed by atoms with van der Waals surface area (Å²) in [6, 6.07) is 4.27. The number of nitrogens with zero attached hydrogens (tertiary/aromatic N) is 3. The van der Waals surface area contributed by atoms with Crippen LogP contribution in [0.15, 0.2) is 29.1 Å². The molecule has 1 aromatic heterocycles. The molecule has 0 saturated heterocycles. The van der Waals surface area contributed by atoms with Gasteiger partial charge in [0, 0.05) is 23.5 Å². The second-order valence-corrected chi connectivity index (χ2v) is 3.27. The van der Waals surface area contributed by atoms with Crippen molar-refractivity contribution in [2.24, 2.45) is 0 Å². The fourth-order valence-corrected chi connectivity index (χ4v) is 1.29. The molecule has 0 bridgehead atoms. The normalized spacial score (nSPS) is 10.1. The molecule has 2 rings (SSSR count). The van der Waals surface area contributed by atoms with E-state index in [9.17, 15) is 10.1 Å². The van der Waals surface area contributed by atoms with Crippen LogP contribution in [0.4, 0.5) is 17.1 Å². The predicted octanol–water partition coefficient (Wildman–Crippen LogP) is 1.17. The van der Waals surface area contributed by atoms with Gasteiger partial charge in [0.2, 0.25) is 6.39 Å². The molecule has 0 aliphatic rings. The third kappa shape index (κ3) is 2.68. The van der Waals surface area contributed by atoms with Gasteiger partial charge in [-0.2, -0.15) is 4.98 Å². The highest BCUT2D eigenvalue weighted by molar-refractivity contribution is 5.61. The van der Waals surface area contributed by atoms with Gasteiger partial charge in [0.25, 0.3) is 5.69 Å². The summed E-state index contributed by atoms with van der Waals surface area (Å²) in [6.07, 6.45) is 1.21. The van der Waals surface area contributed by atoms with Gasteiger partial charge in [0.1, 0.15) is 0 Å². The Morgan fingerprint density at radius 2 is 2.29 bits per heavy atom. The molecule has 0 amide bonds. The molecule has 17 heavy (non-hydrogen) atoms. The lowest BCUT2D eigenvalue weighted by Gasteiger charge is -2.04. The molecule has 8 nitrogen and oxygen atoms in total. The molecular weight excluding hydrogens is 226 g/mol. The van der Waals surface area contributed by atoms with Crippen molar-refractivity contribution in [2.75, 3.05) is 11.1 Å². The first-order chi connectivity index (χ1) is 8.15. The van der Waals surface area contributed by atoms with Crippen LogP contribution in [-0.2, 0) is 6.54 Å². The van der Waals surface area contributed by atoms with Gasteiger partial charge in [-0.25, -0.2) is 0 Å². The van der Waals surface area contributed by atoms with Crippen LogP contribution in [0, 0.1) is 10.1 Å². The van der Waals surface area contributed by atoms with Crippen LogP contribution in [0.5, 0.6) is 0 Å². The minimum Gasteiger partial charge on any atom is -0.398 e. The van der Waals surface area contributed by atoms with Crippen molar-refractivity contribution >= 4 is 17.1 Å². The molecule has 8 heteroatoms. The first-order valence-corrected chi connectivity index (χ1v) is 4.69. The summed E-state index contributed by atoms with van der Waals surface area (Å²) < 4.78 is 4.55. The largest absolute Gasteiger partial charge is 0.398 e. The van der Waals surface area contributed by atoms with E-state index < -0.39 is 4.92 Å². The molecule has 0 saturated carbocycles. The SMILES string of the molecule is Nc1cc(NCc2ncon2)cc([N+](=O)[O-])c1. The lowest BCUT2D eigenvalue weighted by molar-refractivity contribution is -0.384. The van der Waals surface area contributed by atoms with E-state index in [1.807, 2.05) is 0 Å². The number of nitro groups is 1. The van der Waals surface area contributed by atoms with Crippen LogP contribution >= 0.6 is 0 Å². The topological polar surface area (TPSA) is 120 Å². The van der Waals surface area contributed by atoms with E-state index in [-0.39, 0.29) is 5.69 Å². The van der Waals surface area contributed by atoms with Crippen molar-refractivity contribution in [3.8, 4) is 0 Å². The highest BCUT2D eigenvalue weighted by Gasteiger charge is 2.08. The summed E-state index contributed by atoms with van der Waals surface area (Å²) in [5, 5.41) is 17.1. The number of nitrogens with two attached hydrogens (primary N) is 1. The number of nitrogens with one attached hydrogen (secondary N) is 1. The van der Waals surface area contributed by atoms with Gasteiger partial charge in [-0.15, -0.1) is 0 Å². The number of hydrogen-bond acceptors (Lipinski definition) is 7. The number of hydrogen-bond donors (Lipinski definition) is 2. The summed E-state index contributed by atoms with van der Waals surface area (Å²) in [4.78, 5) is 13.9. The van der Waals surface area contributed by atoms with E-state index in [4.69, 9.17) is 5.73 Å². The van der Waals surface area contributed by atoms with E-state index in [2.05, 4.69) is 20.0 Å². The quantitative estimate of drug-likeness (QED) is 0.463. The zero-order valence-corrected chi connectivity index (χ0v) is 8.66. The van der Waals surface area contributed by atoms with Crippen molar-refractivity contribution in [3.63, 3.8) is 0 Å². The average Bonchev–Trinajstić information content (AvgIpc) is 2.78. The summed E-state index contributed by atoms with van der Waals surface area (Å²) in [6.45, 7) is 0.303. The second-order valence-electron chi connectivity index (χ2n) is 3.27. The van der Waals surface area contributed by atoms with Gasteiger partial charge in [-0.1, -0.05) is 5.16 Å². The van der Waals surface area contributed by atoms with Crippen molar-refractivity contribution in [1.82, 2.24) is 10.1 Å². The lowest BCUT2D eigenvalue weighted by atomic mass is 10.2. The third-order valence-electron chi connectivity index (χ3n) is 2.01. The number of non-ortho nitro benzene ring substituents is 1. The van der Waals surface area contributed by atoms with Crippen LogP contribution in [0.2, 0.25) is 0 Å². The Balaban J connectivity index is 2.13. The van der Waals surface area contributed by atoms with Crippen LogP contribution < -0.4 is 11.1 Å². The number of rotatable bonds is 4. The fourth-order valence-electron chi connectivity index (χ4n) is 1.29. The smallest absolute Gasteiger partial charge is 0.273 e. The van der Waals surface area contributed by atoms with Crippen LogP contribution in [-0.4, -0.2) is 15.1 Å². The second kappa shape index (κ2) is 4.47. The molecule has 1 aromatic carbocycles. The maximum atomic E-state index is 10.6. The highest BCUT2D eigenvalue weighted by Crippen LogP contribution is 2.22. The first kappa shape index (κ1) is 10.9. The van der Waals surface area contributed by atoms with Gasteiger partial charge in [0.15, 0.2) is 5.82 Å². The third-order valence-corrected chi connectivity index (χ3v) is 2.01. The number of nitrogen functional groups attached to an aromatic ring is 1. The average molecular weight is 235 g/mol. The van der Waals surface area contributed by atoms with Crippen molar-refractivity contribution in [2.45, 2.75) is 6.54 Å². The predicted molar refractivity (Wildman–Crippen MR) is 59.1 cm³/mol. The molecule has 0 spiro atoms. The van der Waals surface area contributed by atoms with E-state index in [1.165, 1.54) is 18.5 Å². The summed E-state index contributed by atoms with van der Waals surface area (Å²) in [5.41, 5.74) is 6.33. The van der Waals surface area contributed by atoms with Crippen LogP contribution in [0.1, 0.15) is 5.82 Å². The Morgan fingerprint density at radius 1 is 1.47 bits per heavy atom. The summed E-state index contributed by atoms with van der Waals surface area (Å²) in [5.74, 6) is 0.454. The molecular formula is C9H9N5O3. The Hall–Kier alpha value is -2.64.